The molecular weight excluding hydrogens is 568 g/mol. The van der Waals surface area contributed by atoms with Gasteiger partial charge in [0, 0.05) is 12.2 Å². The molecule has 0 bridgehead atoms. The van der Waals surface area contributed by atoms with Crippen LogP contribution >= 0.6 is 0 Å². The van der Waals surface area contributed by atoms with E-state index < -0.39 is 11.8 Å². The third-order valence-corrected chi connectivity index (χ3v) is 5.23. The molecule has 13 heteroatoms. The molecule has 248 valence electrons. The van der Waals surface area contributed by atoms with Crippen LogP contribution in [0.1, 0.15) is 17.3 Å². The first-order valence-corrected chi connectivity index (χ1v) is 14.8. The van der Waals surface area contributed by atoms with Crippen molar-refractivity contribution in [2.75, 3.05) is 139 Å². The fraction of sp³-hybridized carbons (Fsp3) is 0.733. The quantitative estimate of drug-likeness (QED) is 0.0489. The Labute approximate surface area is 255 Å². The van der Waals surface area contributed by atoms with Crippen molar-refractivity contribution >= 4 is 11.8 Å². The molecule has 0 aliphatic heterocycles. The highest BCUT2D eigenvalue weighted by molar-refractivity contribution is 6.40. The lowest BCUT2D eigenvalue weighted by Gasteiger charge is -2.09. The summed E-state index contributed by atoms with van der Waals surface area (Å²) in [7, 11) is 0. The molecule has 0 saturated carbocycles. The molecular formula is C30H50O13. The van der Waals surface area contributed by atoms with Crippen LogP contribution < -0.4 is 0 Å². The molecule has 43 heavy (non-hydrogen) atoms. The van der Waals surface area contributed by atoms with Gasteiger partial charge in [0.05, 0.1) is 126 Å². The van der Waals surface area contributed by atoms with Crippen LogP contribution in [0.25, 0.3) is 0 Å². The van der Waals surface area contributed by atoms with E-state index in [9.17, 15) is 9.59 Å². The van der Waals surface area contributed by atoms with Gasteiger partial charge < -0.3 is 52.1 Å². The van der Waals surface area contributed by atoms with E-state index in [1.165, 1.54) is 0 Å². The number of hydrogen-bond acceptors (Lipinski definition) is 13. The summed E-state index contributed by atoms with van der Waals surface area (Å²) in [6, 6.07) is 8.26. The van der Waals surface area contributed by atoms with Crippen LogP contribution in [0, 0.1) is 0 Å². The predicted molar refractivity (Wildman–Crippen MR) is 156 cm³/mol. The minimum absolute atomic E-state index is 0.000231. The molecule has 0 N–H and O–H groups in total. The van der Waals surface area contributed by atoms with Gasteiger partial charge in [-0.25, -0.2) is 4.79 Å². The fourth-order valence-corrected chi connectivity index (χ4v) is 3.09. The van der Waals surface area contributed by atoms with Gasteiger partial charge >= 0.3 is 5.97 Å². The largest absolute Gasteiger partial charge is 0.457 e. The molecule has 1 rings (SSSR count). The lowest BCUT2D eigenvalue weighted by atomic mass is 10.1. The summed E-state index contributed by atoms with van der Waals surface area (Å²) < 4.78 is 58.8. The molecule has 0 amide bonds. The number of ether oxygens (including phenoxy) is 11. The summed E-state index contributed by atoms with van der Waals surface area (Å²) >= 11 is 0. The summed E-state index contributed by atoms with van der Waals surface area (Å²) in [5.74, 6) is -1.57. The Balaban J connectivity index is 1.68. The average molecular weight is 619 g/mol. The highest BCUT2D eigenvalue weighted by Gasteiger charge is 2.17. The first kappa shape index (κ1) is 39.0. The topological polar surface area (TPSA) is 136 Å². The van der Waals surface area contributed by atoms with Crippen molar-refractivity contribution in [3.8, 4) is 0 Å². The van der Waals surface area contributed by atoms with Crippen molar-refractivity contribution < 1.29 is 61.7 Å². The van der Waals surface area contributed by atoms with Crippen molar-refractivity contribution in [1.82, 2.24) is 0 Å². The zero-order chi connectivity index (χ0) is 30.9. The first-order chi connectivity index (χ1) is 21.3. The van der Waals surface area contributed by atoms with Crippen LogP contribution in [0.5, 0.6) is 0 Å². The molecule has 0 radical (unpaired) electrons. The number of carbonyl (C=O) groups excluding carboxylic acids is 2. The van der Waals surface area contributed by atoms with E-state index in [4.69, 9.17) is 52.1 Å². The molecule has 0 heterocycles. The van der Waals surface area contributed by atoms with Crippen LogP contribution in [-0.2, 0) is 56.9 Å². The number of hydrogen-bond donors (Lipinski definition) is 0. The summed E-state index contributed by atoms with van der Waals surface area (Å²) in [5, 5.41) is 0. The van der Waals surface area contributed by atoms with E-state index in [1.54, 1.807) is 30.3 Å². The van der Waals surface area contributed by atoms with Crippen LogP contribution in [0.4, 0.5) is 0 Å². The summed E-state index contributed by atoms with van der Waals surface area (Å²) in [4.78, 5) is 23.6. The van der Waals surface area contributed by atoms with Crippen molar-refractivity contribution in [2.45, 2.75) is 6.92 Å². The zero-order valence-corrected chi connectivity index (χ0v) is 25.5. The Morgan fingerprint density at radius 3 is 1.00 bits per heavy atom. The minimum Gasteiger partial charge on any atom is -0.457 e. The van der Waals surface area contributed by atoms with E-state index in [1.807, 2.05) is 6.92 Å². The molecule has 13 nitrogen and oxygen atoms in total. The van der Waals surface area contributed by atoms with E-state index in [2.05, 4.69) is 0 Å². The van der Waals surface area contributed by atoms with Gasteiger partial charge in [-0.2, -0.15) is 0 Å². The number of esters is 1. The molecule has 0 atom stereocenters. The van der Waals surface area contributed by atoms with Gasteiger partial charge in [0.2, 0.25) is 0 Å². The Morgan fingerprint density at radius 1 is 0.419 bits per heavy atom. The van der Waals surface area contributed by atoms with Gasteiger partial charge in [-0.05, 0) is 6.92 Å². The van der Waals surface area contributed by atoms with Crippen LogP contribution in [-0.4, -0.2) is 150 Å². The van der Waals surface area contributed by atoms with Crippen molar-refractivity contribution in [2.24, 2.45) is 0 Å². The second-order valence-electron chi connectivity index (χ2n) is 8.54. The minimum atomic E-state index is -0.896. The standard InChI is InChI=1S/C30H50O13/c1-2-33-8-9-34-10-11-35-12-13-36-14-15-37-16-17-38-18-19-39-20-21-40-22-23-41-24-25-42-26-27-43-30(32)29(31)28-6-4-3-5-7-28/h3-7H,2,8-27H2,1H3. The summed E-state index contributed by atoms with van der Waals surface area (Å²) in [6.07, 6.45) is 0. The normalized spacial score (nSPS) is 11.2. The molecule has 1 aromatic rings. The highest BCUT2D eigenvalue weighted by Crippen LogP contribution is 2.01. The number of rotatable bonds is 33. The van der Waals surface area contributed by atoms with E-state index >= 15 is 0 Å². The molecule has 0 unspecified atom stereocenters. The monoisotopic (exact) mass is 618 g/mol. The third kappa shape index (κ3) is 26.1. The summed E-state index contributed by atoms with van der Waals surface area (Å²) in [5.41, 5.74) is 0.297. The number of benzene rings is 1. The van der Waals surface area contributed by atoms with Gasteiger partial charge in [0.1, 0.15) is 6.61 Å². The van der Waals surface area contributed by atoms with E-state index in [0.717, 1.165) is 0 Å². The second-order valence-corrected chi connectivity index (χ2v) is 8.54. The Kier molecular flexibility index (Phi) is 28.5. The Bertz CT molecular complexity index is 751. The fourth-order valence-electron chi connectivity index (χ4n) is 3.09. The maximum Gasteiger partial charge on any atom is 0.379 e. The first-order valence-electron chi connectivity index (χ1n) is 14.8. The maximum absolute atomic E-state index is 11.9. The van der Waals surface area contributed by atoms with Gasteiger partial charge in [0.25, 0.3) is 5.78 Å². The smallest absolute Gasteiger partial charge is 0.379 e. The molecule has 0 aliphatic carbocycles. The number of ketones is 1. The second kappa shape index (κ2) is 31.4. The molecule has 0 fully saturated rings. The third-order valence-electron chi connectivity index (χ3n) is 5.23. The summed E-state index contributed by atoms with van der Waals surface area (Å²) in [6.45, 7) is 11.7. The van der Waals surface area contributed by atoms with Crippen molar-refractivity contribution in [3.05, 3.63) is 35.9 Å². The average Bonchev–Trinajstić information content (AvgIpc) is 3.03. The molecule has 0 spiro atoms. The Hall–Kier alpha value is -2.04. The van der Waals surface area contributed by atoms with Crippen LogP contribution in [0.3, 0.4) is 0 Å². The van der Waals surface area contributed by atoms with Gasteiger partial charge in [0.15, 0.2) is 0 Å². The SMILES string of the molecule is CCOCCOCCOCCOCCOCCOCCOCCOCCOCCOCCOC(=O)C(=O)c1ccccc1. The van der Waals surface area contributed by atoms with Gasteiger partial charge in [-0.3, -0.25) is 4.79 Å². The van der Waals surface area contributed by atoms with Crippen LogP contribution in [0.2, 0.25) is 0 Å². The number of Topliss-reactive ketones (excluding diaryl/α,β-unsaturated/α-hetero) is 1. The van der Waals surface area contributed by atoms with E-state index in [-0.39, 0.29) is 13.2 Å². The molecule has 0 aromatic heterocycles. The van der Waals surface area contributed by atoms with Crippen LogP contribution in [0.15, 0.2) is 30.3 Å². The predicted octanol–water partition coefficient (Wildman–Crippen LogP) is 1.60. The van der Waals surface area contributed by atoms with E-state index in [0.29, 0.717) is 131 Å². The zero-order valence-electron chi connectivity index (χ0n) is 25.5. The Morgan fingerprint density at radius 2 is 0.698 bits per heavy atom. The molecule has 0 saturated heterocycles. The van der Waals surface area contributed by atoms with Gasteiger partial charge in [-0.15, -0.1) is 0 Å². The van der Waals surface area contributed by atoms with Gasteiger partial charge in [-0.1, -0.05) is 30.3 Å². The van der Waals surface area contributed by atoms with Crippen molar-refractivity contribution in [1.29, 1.82) is 0 Å². The molecule has 0 aliphatic rings. The maximum atomic E-state index is 11.9. The lowest BCUT2D eigenvalue weighted by Crippen LogP contribution is -2.20. The highest BCUT2D eigenvalue weighted by atomic mass is 16.6. The molecule has 1 aromatic carbocycles. The lowest BCUT2D eigenvalue weighted by molar-refractivity contribution is -0.139. The number of carbonyl (C=O) groups is 2. The van der Waals surface area contributed by atoms with Crippen molar-refractivity contribution in [3.63, 3.8) is 0 Å².